The lowest BCUT2D eigenvalue weighted by atomic mass is 10.3. The Balaban J connectivity index is 1.46. The van der Waals surface area contributed by atoms with Crippen molar-refractivity contribution >= 4 is 51.0 Å². The zero-order chi connectivity index (χ0) is 21.1. The predicted octanol–water partition coefficient (Wildman–Crippen LogP) is 4.59. The first kappa shape index (κ1) is 20.3. The highest BCUT2D eigenvalue weighted by Gasteiger charge is 2.18. The maximum atomic E-state index is 12.7. The highest BCUT2D eigenvalue weighted by atomic mass is 32.1. The molecule has 0 aliphatic heterocycles. The molecule has 0 fully saturated rings. The SMILES string of the molecule is CC(=O)NCc1ccc(-c2csc(NC(=O)c3sc(-c4ccccn4)nc3C)n2)s1. The van der Waals surface area contributed by atoms with Gasteiger partial charge in [0.05, 0.1) is 28.5 Å². The third-order valence-corrected chi connectivity index (χ3v) is 7.08. The lowest BCUT2D eigenvalue weighted by molar-refractivity contribution is -0.119. The van der Waals surface area contributed by atoms with Gasteiger partial charge < -0.3 is 5.32 Å². The first-order valence-corrected chi connectivity index (χ1v) is 11.5. The fourth-order valence-corrected chi connectivity index (χ4v) is 5.25. The molecule has 0 saturated heterocycles. The van der Waals surface area contributed by atoms with E-state index in [9.17, 15) is 9.59 Å². The van der Waals surface area contributed by atoms with Crippen molar-refractivity contribution in [1.82, 2.24) is 20.3 Å². The van der Waals surface area contributed by atoms with Gasteiger partial charge in [0, 0.05) is 23.4 Å². The minimum absolute atomic E-state index is 0.0619. The Morgan fingerprint density at radius 1 is 1.07 bits per heavy atom. The summed E-state index contributed by atoms with van der Waals surface area (Å²) in [5.41, 5.74) is 2.20. The van der Waals surface area contributed by atoms with Crippen molar-refractivity contribution < 1.29 is 9.59 Å². The molecule has 30 heavy (non-hydrogen) atoms. The van der Waals surface area contributed by atoms with Gasteiger partial charge in [-0.1, -0.05) is 6.07 Å². The zero-order valence-electron chi connectivity index (χ0n) is 16.1. The molecular formula is C20H17N5O2S3. The van der Waals surface area contributed by atoms with Gasteiger partial charge in [0.1, 0.15) is 9.88 Å². The number of hydrogen-bond donors (Lipinski definition) is 2. The third kappa shape index (κ3) is 4.61. The number of thiazole rings is 2. The van der Waals surface area contributed by atoms with Crippen molar-refractivity contribution in [2.24, 2.45) is 0 Å². The minimum atomic E-state index is -0.231. The van der Waals surface area contributed by atoms with Crippen molar-refractivity contribution in [3.8, 4) is 21.3 Å². The largest absolute Gasteiger partial charge is 0.351 e. The molecule has 0 aliphatic rings. The molecule has 2 amide bonds. The van der Waals surface area contributed by atoms with E-state index in [-0.39, 0.29) is 11.8 Å². The van der Waals surface area contributed by atoms with Crippen LogP contribution in [0.3, 0.4) is 0 Å². The molecule has 0 saturated carbocycles. The third-order valence-electron chi connectivity index (χ3n) is 4.04. The summed E-state index contributed by atoms with van der Waals surface area (Å²) in [4.78, 5) is 39.7. The minimum Gasteiger partial charge on any atom is -0.351 e. The number of rotatable bonds is 6. The van der Waals surface area contributed by atoms with Gasteiger partial charge in [-0.15, -0.1) is 34.0 Å². The van der Waals surface area contributed by atoms with Gasteiger partial charge in [0.15, 0.2) is 5.13 Å². The predicted molar refractivity (Wildman–Crippen MR) is 121 cm³/mol. The Labute approximate surface area is 184 Å². The van der Waals surface area contributed by atoms with Crippen molar-refractivity contribution in [2.75, 3.05) is 5.32 Å². The van der Waals surface area contributed by atoms with Gasteiger partial charge in [-0.25, -0.2) is 9.97 Å². The molecule has 4 aromatic rings. The van der Waals surface area contributed by atoms with E-state index in [2.05, 4.69) is 25.6 Å². The van der Waals surface area contributed by atoms with Gasteiger partial charge in [0.2, 0.25) is 5.91 Å². The molecule has 7 nitrogen and oxygen atoms in total. The van der Waals surface area contributed by atoms with E-state index in [4.69, 9.17) is 0 Å². The van der Waals surface area contributed by atoms with E-state index in [1.54, 1.807) is 17.5 Å². The highest BCUT2D eigenvalue weighted by Crippen LogP contribution is 2.32. The quantitative estimate of drug-likeness (QED) is 0.443. The van der Waals surface area contributed by atoms with Crippen molar-refractivity contribution in [3.63, 3.8) is 0 Å². The molecule has 4 rings (SSSR count). The molecule has 0 aliphatic carbocycles. The lowest BCUT2D eigenvalue weighted by Crippen LogP contribution is -2.17. The number of nitrogens with one attached hydrogen (secondary N) is 2. The van der Waals surface area contributed by atoms with Crippen LogP contribution in [0.2, 0.25) is 0 Å². The lowest BCUT2D eigenvalue weighted by Gasteiger charge is -1.99. The van der Waals surface area contributed by atoms with Crippen LogP contribution in [0.4, 0.5) is 5.13 Å². The average Bonchev–Trinajstić information content (AvgIpc) is 3.46. The van der Waals surface area contributed by atoms with Crippen LogP contribution in [-0.4, -0.2) is 26.8 Å². The average molecular weight is 456 g/mol. The molecule has 2 N–H and O–H groups in total. The zero-order valence-corrected chi connectivity index (χ0v) is 18.6. The van der Waals surface area contributed by atoms with Crippen molar-refractivity contribution in [2.45, 2.75) is 20.4 Å². The van der Waals surface area contributed by atoms with Gasteiger partial charge >= 0.3 is 0 Å². The normalized spacial score (nSPS) is 10.7. The smallest absolute Gasteiger partial charge is 0.269 e. The van der Waals surface area contributed by atoms with Crippen LogP contribution in [0, 0.1) is 6.92 Å². The number of carbonyl (C=O) groups excluding carboxylic acids is 2. The maximum absolute atomic E-state index is 12.7. The number of anilines is 1. The highest BCUT2D eigenvalue weighted by molar-refractivity contribution is 7.18. The summed E-state index contributed by atoms with van der Waals surface area (Å²) in [5, 5.41) is 8.79. The van der Waals surface area contributed by atoms with Gasteiger partial charge in [-0.05, 0) is 31.2 Å². The van der Waals surface area contributed by atoms with Gasteiger partial charge in [0.25, 0.3) is 5.91 Å². The van der Waals surface area contributed by atoms with E-state index in [1.807, 2.05) is 42.6 Å². The van der Waals surface area contributed by atoms with Crippen LogP contribution in [0.5, 0.6) is 0 Å². The van der Waals surface area contributed by atoms with E-state index < -0.39 is 0 Å². The number of carbonyl (C=O) groups is 2. The summed E-state index contributed by atoms with van der Waals surface area (Å²) >= 11 is 4.24. The van der Waals surface area contributed by atoms with E-state index in [0.29, 0.717) is 27.3 Å². The molecule has 0 atom stereocenters. The summed E-state index contributed by atoms with van der Waals surface area (Å²) in [7, 11) is 0. The van der Waals surface area contributed by atoms with Crippen molar-refractivity contribution in [3.05, 3.63) is 57.4 Å². The van der Waals surface area contributed by atoms with E-state index in [0.717, 1.165) is 21.1 Å². The molecule has 4 aromatic heterocycles. The molecule has 0 unspecified atom stereocenters. The Hall–Kier alpha value is -2.95. The number of aromatic nitrogens is 3. The first-order chi connectivity index (χ1) is 14.5. The van der Waals surface area contributed by atoms with Gasteiger partial charge in [-0.3, -0.25) is 19.9 Å². The molecule has 4 heterocycles. The summed E-state index contributed by atoms with van der Waals surface area (Å²) < 4.78 is 0. The molecule has 152 valence electrons. The van der Waals surface area contributed by atoms with Crippen LogP contribution in [0.15, 0.2) is 41.9 Å². The standard InChI is InChI=1S/C20H17N5O2S3/c1-11-17(30-19(23-11)14-5-3-4-8-21-14)18(27)25-20-24-15(10-28-20)16-7-6-13(29-16)9-22-12(2)26/h3-8,10H,9H2,1-2H3,(H,22,26)(H,24,25,27). The molecule has 0 aromatic carbocycles. The van der Waals surface area contributed by atoms with E-state index >= 15 is 0 Å². The summed E-state index contributed by atoms with van der Waals surface area (Å²) in [6, 6.07) is 9.53. The van der Waals surface area contributed by atoms with Crippen molar-refractivity contribution in [1.29, 1.82) is 0 Å². The van der Waals surface area contributed by atoms with Crippen LogP contribution in [-0.2, 0) is 11.3 Å². The Bertz CT molecular complexity index is 1200. The van der Waals surface area contributed by atoms with Crippen LogP contribution in [0.25, 0.3) is 21.3 Å². The van der Waals surface area contributed by atoms with E-state index in [1.165, 1.54) is 29.6 Å². The molecular weight excluding hydrogens is 438 g/mol. The summed E-state index contributed by atoms with van der Waals surface area (Å²) in [5.74, 6) is -0.293. The fraction of sp³-hybridized carbons (Fsp3) is 0.150. The van der Waals surface area contributed by atoms with Crippen LogP contribution in [0.1, 0.15) is 27.2 Å². The Kier molecular flexibility index (Phi) is 5.98. The molecule has 0 radical (unpaired) electrons. The first-order valence-electron chi connectivity index (χ1n) is 8.99. The number of aryl methyl sites for hydroxylation is 1. The topological polar surface area (TPSA) is 96.9 Å². The number of amides is 2. The fourth-order valence-electron chi connectivity index (χ4n) is 2.63. The number of nitrogens with zero attached hydrogens (tertiary/aromatic N) is 3. The summed E-state index contributed by atoms with van der Waals surface area (Å²) in [6.45, 7) is 3.80. The second kappa shape index (κ2) is 8.82. The van der Waals surface area contributed by atoms with Crippen LogP contribution < -0.4 is 10.6 Å². The number of pyridine rings is 1. The second-order valence-corrected chi connectivity index (χ2v) is 9.34. The Morgan fingerprint density at radius 3 is 2.70 bits per heavy atom. The Morgan fingerprint density at radius 2 is 1.93 bits per heavy atom. The summed E-state index contributed by atoms with van der Waals surface area (Å²) in [6.07, 6.45) is 1.70. The second-order valence-electron chi connectivity index (χ2n) is 6.32. The maximum Gasteiger partial charge on any atom is 0.269 e. The monoisotopic (exact) mass is 455 g/mol. The van der Waals surface area contributed by atoms with Gasteiger partial charge in [-0.2, -0.15) is 0 Å². The molecule has 0 bridgehead atoms. The number of hydrogen-bond acceptors (Lipinski definition) is 8. The number of thiophene rings is 1. The molecule has 0 spiro atoms. The van der Waals surface area contributed by atoms with Crippen LogP contribution >= 0.6 is 34.0 Å². The molecule has 10 heteroatoms.